The fourth-order valence-corrected chi connectivity index (χ4v) is 4.32. The molecule has 7 heteroatoms. The molecule has 1 aliphatic rings. The van der Waals surface area contributed by atoms with Gasteiger partial charge in [0.25, 0.3) is 0 Å². The van der Waals surface area contributed by atoms with E-state index in [0.717, 1.165) is 41.9 Å². The first-order chi connectivity index (χ1) is 12.5. The van der Waals surface area contributed by atoms with Crippen LogP contribution >= 0.6 is 11.8 Å². The Bertz CT molecular complexity index is 597. The first-order valence-corrected chi connectivity index (χ1v) is 9.95. The van der Waals surface area contributed by atoms with Crippen LogP contribution in [0, 0.1) is 5.92 Å². The van der Waals surface area contributed by atoms with Crippen molar-refractivity contribution in [1.82, 2.24) is 10.2 Å². The van der Waals surface area contributed by atoms with Crippen LogP contribution in [0.25, 0.3) is 0 Å². The lowest BCUT2D eigenvalue weighted by Crippen LogP contribution is -2.48. The van der Waals surface area contributed by atoms with Gasteiger partial charge < -0.3 is 24.4 Å². The molecule has 1 aromatic rings. The van der Waals surface area contributed by atoms with E-state index in [1.54, 1.807) is 21.3 Å². The Morgan fingerprint density at radius 3 is 2.38 bits per heavy atom. The molecule has 1 aliphatic heterocycles. The lowest BCUT2D eigenvalue weighted by molar-refractivity contribution is 0.364. The number of methoxy groups -OCH3 is 3. The van der Waals surface area contributed by atoms with E-state index < -0.39 is 0 Å². The van der Waals surface area contributed by atoms with Crippen LogP contribution < -0.4 is 19.5 Å². The SMILES string of the molecule is CN=C(NCc1c(OC)cc(OC)cc1OC)N1CCSC(C(C)C)C1. The molecule has 1 N–H and O–H groups in total. The fraction of sp³-hybridized carbons (Fsp3) is 0.632. The largest absolute Gasteiger partial charge is 0.496 e. The van der Waals surface area contributed by atoms with E-state index in [1.165, 1.54) is 0 Å². The minimum Gasteiger partial charge on any atom is -0.496 e. The first kappa shape index (κ1) is 20.6. The van der Waals surface area contributed by atoms with Gasteiger partial charge in [-0.15, -0.1) is 0 Å². The van der Waals surface area contributed by atoms with Crippen molar-refractivity contribution in [1.29, 1.82) is 0 Å². The summed E-state index contributed by atoms with van der Waals surface area (Å²) in [6.45, 7) is 7.15. The normalized spacial score (nSPS) is 18.0. The molecular formula is C19H31N3O3S. The Labute approximate surface area is 161 Å². The number of thioether (sulfide) groups is 1. The van der Waals surface area contributed by atoms with Crippen molar-refractivity contribution in [2.24, 2.45) is 10.9 Å². The Kier molecular flexibility index (Phi) is 7.75. The molecule has 0 spiro atoms. The molecule has 1 unspecified atom stereocenters. The lowest BCUT2D eigenvalue weighted by Gasteiger charge is -2.36. The number of benzene rings is 1. The molecule has 26 heavy (non-hydrogen) atoms. The molecule has 0 aliphatic carbocycles. The van der Waals surface area contributed by atoms with Gasteiger partial charge in [0, 0.05) is 43.3 Å². The van der Waals surface area contributed by atoms with Crippen molar-refractivity contribution in [3.63, 3.8) is 0 Å². The number of nitrogens with zero attached hydrogens (tertiary/aromatic N) is 2. The molecular weight excluding hydrogens is 350 g/mol. The van der Waals surface area contributed by atoms with Gasteiger partial charge in [0.15, 0.2) is 5.96 Å². The molecule has 0 aromatic heterocycles. The predicted molar refractivity (Wildman–Crippen MR) is 109 cm³/mol. The third-order valence-electron chi connectivity index (χ3n) is 4.59. The number of hydrogen-bond donors (Lipinski definition) is 1. The fourth-order valence-electron chi connectivity index (χ4n) is 3.02. The minimum atomic E-state index is 0.568. The summed E-state index contributed by atoms with van der Waals surface area (Å²) in [6.07, 6.45) is 0. The second-order valence-electron chi connectivity index (χ2n) is 6.51. The smallest absolute Gasteiger partial charge is 0.193 e. The van der Waals surface area contributed by atoms with Crippen molar-refractivity contribution < 1.29 is 14.2 Å². The van der Waals surface area contributed by atoms with Gasteiger partial charge in [-0.1, -0.05) is 13.8 Å². The average molecular weight is 382 g/mol. The maximum absolute atomic E-state index is 5.53. The molecule has 6 nitrogen and oxygen atoms in total. The summed E-state index contributed by atoms with van der Waals surface area (Å²) in [5.41, 5.74) is 0.948. The molecule has 2 rings (SSSR count). The van der Waals surface area contributed by atoms with Crippen LogP contribution in [0.3, 0.4) is 0 Å². The third-order valence-corrected chi connectivity index (χ3v) is 6.13. The summed E-state index contributed by atoms with van der Waals surface area (Å²) in [5, 5.41) is 4.10. The van der Waals surface area contributed by atoms with Crippen LogP contribution in [0.5, 0.6) is 17.2 Å². The van der Waals surface area contributed by atoms with E-state index in [1.807, 2.05) is 19.2 Å². The molecule has 1 atom stereocenters. The zero-order chi connectivity index (χ0) is 19.1. The quantitative estimate of drug-likeness (QED) is 0.604. The van der Waals surface area contributed by atoms with E-state index >= 15 is 0 Å². The number of ether oxygens (including phenoxy) is 3. The summed E-state index contributed by atoms with van der Waals surface area (Å²) in [7, 11) is 6.77. The number of guanidine groups is 1. The van der Waals surface area contributed by atoms with E-state index in [0.29, 0.717) is 23.5 Å². The molecule has 1 saturated heterocycles. The van der Waals surface area contributed by atoms with Crippen LogP contribution in [0.2, 0.25) is 0 Å². The van der Waals surface area contributed by atoms with Gasteiger partial charge in [-0.2, -0.15) is 11.8 Å². The molecule has 1 fully saturated rings. The van der Waals surface area contributed by atoms with E-state index in [-0.39, 0.29) is 0 Å². The van der Waals surface area contributed by atoms with Crippen molar-refractivity contribution in [3.8, 4) is 17.2 Å². The number of hydrogen-bond acceptors (Lipinski definition) is 5. The Morgan fingerprint density at radius 1 is 1.23 bits per heavy atom. The van der Waals surface area contributed by atoms with E-state index in [9.17, 15) is 0 Å². The molecule has 0 amide bonds. The molecule has 0 radical (unpaired) electrons. The summed E-state index contributed by atoms with van der Waals surface area (Å²) < 4.78 is 16.4. The van der Waals surface area contributed by atoms with Gasteiger partial charge in [-0.05, 0) is 5.92 Å². The highest BCUT2D eigenvalue weighted by molar-refractivity contribution is 8.00. The Morgan fingerprint density at radius 2 is 1.88 bits per heavy atom. The predicted octanol–water partition coefficient (Wildman–Crippen LogP) is 2.86. The Hall–Kier alpha value is -1.76. The summed E-state index contributed by atoms with van der Waals surface area (Å²) in [5.74, 6) is 4.87. The van der Waals surface area contributed by atoms with Gasteiger partial charge in [0.05, 0.1) is 33.4 Å². The lowest BCUT2D eigenvalue weighted by atomic mass is 10.1. The van der Waals surface area contributed by atoms with Crippen molar-refractivity contribution >= 4 is 17.7 Å². The molecule has 1 heterocycles. The maximum Gasteiger partial charge on any atom is 0.193 e. The zero-order valence-corrected chi connectivity index (χ0v) is 17.5. The maximum atomic E-state index is 5.53. The Balaban J connectivity index is 2.13. The van der Waals surface area contributed by atoms with Crippen molar-refractivity contribution in [2.45, 2.75) is 25.6 Å². The monoisotopic (exact) mass is 381 g/mol. The molecule has 1 aromatic carbocycles. The second kappa shape index (κ2) is 9.80. The van der Waals surface area contributed by atoms with Crippen LogP contribution in [0.1, 0.15) is 19.4 Å². The van der Waals surface area contributed by atoms with Gasteiger partial charge in [-0.3, -0.25) is 4.99 Å². The summed E-state index contributed by atoms with van der Waals surface area (Å²) in [6, 6.07) is 3.74. The minimum absolute atomic E-state index is 0.568. The standard InChI is InChI=1S/C19H31N3O3S/c1-13(2)18-12-22(7-8-26-18)19(20-3)21-11-15-16(24-5)9-14(23-4)10-17(15)25-6/h9-10,13,18H,7-8,11-12H2,1-6H3,(H,20,21). The zero-order valence-electron chi connectivity index (χ0n) is 16.7. The van der Waals surface area contributed by atoms with Crippen LogP contribution in [0.4, 0.5) is 0 Å². The molecule has 146 valence electrons. The highest BCUT2D eigenvalue weighted by Crippen LogP contribution is 2.34. The third kappa shape index (κ3) is 4.90. The van der Waals surface area contributed by atoms with Crippen LogP contribution in [-0.4, -0.2) is 63.3 Å². The van der Waals surface area contributed by atoms with Gasteiger partial charge in [-0.25, -0.2) is 0 Å². The highest BCUT2D eigenvalue weighted by Gasteiger charge is 2.25. The molecule has 0 bridgehead atoms. The van der Waals surface area contributed by atoms with Gasteiger partial charge in [0.2, 0.25) is 0 Å². The summed E-state index contributed by atoms with van der Waals surface area (Å²) in [4.78, 5) is 6.82. The highest BCUT2D eigenvalue weighted by atomic mass is 32.2. The van der Waals surface area contributed by atoms with Crippen molar-refractivity contribution in [2.75, 3.05) is 47.2 Å². The van der Waals surface area contributed by atoms with E-state index in [2.05, 4.69) is 40.8 Å². The van der Waals surface area contributed by atoms with Crippen LogP contribution in [-0.2, 0) is 6.54 Å². The van der Waals surface area contributed by atoms with Crippen molar-refractivity contribution in [3.05, 3.63) is 17.7 Å². The second-order valence-corrected chi connectivity index (χ2v) is 7.86. The average Bonchev–Trinajstić information content (AvgIpc) is 2.68. The number of aliphatic imine (C=N–C) groups is 1. The topological polar surface area (TPSA) is 55.3 Å². The number of nitrogens with one attached hydrogen (secondary N) is 1. The van der Waals surface area contributed by atoms with Gasteiger partial charge >= 0.3 is 0 Å². The molecule has 0 saturated carbocycles. The van der Waals surface area contributed by atoms with E-state index in [4.69, 9.17) is 14.2 Å². The van der Waals surface area contributed by atoms with Gasteiger partial charge in [0.1, 0.15) is 17.2 Å². The summed E-state index contributed by atoms with van der Waals surface area (Å²) >= 11 is 2.06. The first-order valence-electron chi connectivity index (χ1n) is 8.90. The number of rotatable bonds is 6. The van der Waals surface area contributed by atoms with Crippen LogP contribution in [0.15, 0.2) is 17.1 Å².